The number of hydrogen-bond donors (Lipinski definition) is 2. The molecular formula is C10H16N2S. The Kier molecular flexibility index (Phi) is 4.86. The minimum absolute atomic E-state index is 0.309. The van der Waals surface area contributed by atoms with Gasteiger partial charge in [-0.05, 0) is 18.6 Å². The summed E-state index contributed by atoms with van der Waals surface area (Å²) in [6.07, 6.45) is 3.84. The Hall–Kier alpha value is -0.540. The van der Waals surface area contributed by atoms with Crippen LogP contribution in [-0.2, 0) is 6.42 Å². The Bertz CT molecular complexity index is 226. The summed E-state index contributed by atoms with van der Waals surface area (Å²) in [7, 11) is 0. The number of thiol groups is 1. The molecule has 1 rings (SSSR count). The van der Waals surface area contributed by atoms with Gasteiger partial charge in [-0.2, -0.15) is 12.6 Å². The molecule has 0 saturated heterocycles. The second-order valence-corrected chi connectivity index (χ2v) is 3.57. The van der Waals surface area contributed by atoms with Crippen LogP contribution in [0, 0.1) is 0 Å². The van der Waals surface area contributed by atoms with Crippen molar-refractivity contribution < 1.29 is 0 Å². The van der Waals surface area contributed by atoms with Gasteiger partial charge in [0.2, 0.25) is 0 Å². The zero-order valence-corrected chi connectivity index (χ0v) is 8.80. The van der Waals surface area contributed by atoms with Gasteiger partial charge in [-0.25, -0.2) is 0 Å². The molecule has 1 aromatic rings. The predicted molar refractivity (Wildman–Crippen MR) is 59.0 cm³/mol. The molecule has 0 aromatic carbocycles. The standard InChI is InChI=1S/C10H16N2S/c1-2-10(13)12-8-6-9-5-3-4-7-11-9/h3-5,7,10,12-13H,2,6,8H2,1H3. The van der Waals surface area contributed by atoms with Crippen molar-refractivity contribution in [1.29, 1.82) is 0 Å². The summed E-state index contributed by atoms with van der Waals surface area (Å²) in [5, 5.41) is 3.61. The van der Waals surface area contributed by atoms with Gasteiger partial charge in [-0.1, -0.05) is 13.0 Å². The van der Waals surface area contributed by atoms with Crippen molar-refractivity contribution in [2.45, 2.75) is 25.1 Å². The second kappa shape index (κ2) is 6.00. The van der Waals surface area contributed by atoms with Crippen molar-refractivity contribution in [2.75, 3.05) is 6.54 Å². The summed E-state index contributed by atoms with van der Waals surface area (Å²) in [5.74, 6) is 0. The van der Waals surface area contributed by atoms with Gasteiger partial charge in [-0.3, -0.25) is 4.98 Å². The number of aromatic nitrogens is 1. The third-order valence-corrected chi connectivity index (χ3v) is 2.42. The van der Waals surface area contributed by atoms with Gasteiger partial charge in [0.15, 0.2) is 0 Å². The van der Waals surface area contributed by atoms with E-state index in [0.717, 1.165) is 25.1 Å². The summed E-state index contributed by atoms with van der Waals surface area (Å²) in [5.41, 5.74) is 1.13. The molecule has 0 aliphatic carbocycles. The summed E-state index contributed by atoms with van der Waals surface area (Å²) in [6, 6.07) is 5.99. The molecule has 1 aromatic heterocycles. The quantitative estimate of drug-likeness (QED) is 0.555. The maximum Gasteiger partial charge on any atom is 0.0499 e. The van der Waals surface area contributed by atoms with Crippen LogP contribution in [0.4, 0.5) is 0 Å². The number of hydrogen-bond acceptors (Lipinski definition) is 3. The van der Waals surface area contributed by atoms with Crippen LogP contribution in [0.3, 0.4) is 0 Å². The summed E-state index contributed by atoms with van der Waals surface area (Å²) in [6.45, 7) is 3.06. The molecule has 3 heteroatoms. The lowest BCUT2D eigenvalue weighted by molar-refractivity contribution is 0.631. The molecule has 0 radical (unpaired) electrons. The van der Waals surface area contributed by atoms with Crippen LogP contribution in [0.5, 0.6) is 0 Å². The van der Waals surface area contributed by atoms with E-state index in [1.54, 1.807) is 0 Å². The zero-order chi connectivity index (χ0) is 9.52. The summed E-state index contributed by atoms with van der Waals surface area (Å²) in [4.78, 5) is 4.24. The van der Waals surface area contributed by atoms with E-state index in [9.17, 15) is 0 Å². The van der Waals surface area contributed by atoms with Gasteiger partial charge in [0, 0.05) is 30.2 Å². The molecule has 72 valence electrons. The first-order chi connectivity index (χ1) is 6.33. The van der Waals surface area contributed by atoms with Crippen molar-refractivity contribution in [3.05, 3.63) is 30.1 Å². The van der Waals surface area contributed by atoms with Crippen molar-refractivity contribution in [2.24, 2.45) is 0 Å². The first-order valence-corrected chi connectivity index (χ1v) is 5.16. The summed E-state index contributed by atoms with van der Waals surface area (Å²) < 4.78 is 0. The monoisotopic (exact) mass is 196 g/mol. The zero-order valence-electron chi connectivity index (χ0n) is 7.90. The minimum Gasteiger partial charge on any atom is -0.305 e. The van der Waals surface area contributed by atoms with Gasteiger partial charge in [0.1, 0.15) is 0 Å². The van der Waals surface area contributed by atoms with E-state index in [-0.39, 0.29) is 0 Å². The SMILES string of the molecule is CCC(S)NCCc1ccccn1. The molecule has 13 heavy (non-hydrogen) atoms. The molecule has 0 spiro atoms. The van der Waals surface area contributed by atoms with Crippen molar-refractivity contribution in [3.8, 4) is 0 Å². The summed E-state index contributed by atoms with van der Waals surface area (Å²) >= 11 is 4.34. The molecule has 0 bridgehead atoms. The molecule has 1 unspecified atom stereocenters. The Morgan fingerprint density at radius 3 is 3.00 bits per heavy atom. The Labute approximate surface area is 85.2 Å². The molecule has 2 nitrogen and oxygen atoms in total. The number of nitrogens with zero attached hydrogens (tertiary/aromatic N) is 1. The molecule has 1 N–H and O–H groups in total. The highest BCUT2D eigenvalue weighted by atomic mass is 32.1. The van der Waals surface area contributed by atoms with E-state index in [2.05, 4.69) is 29.9 Å². The highest BCUT2D eigenvalue weighted by Crippen LogP contribution is 1.97. The van der Waals surface area contributed by atoms with Gasteiger partial charge in [-0.15, -0.1) is 0 Å². The molecule has 0 saturated carbocycles. The Morgan fingerprint density at radius 1 is 1.54 bits per heavy atom. The molecule has 0 amide bonds. The maximum absolute atomic E-state index is 4.34. The van der Waals surface area contributed by atoms with E-state index < -0.39 is 0 Å². The maximum atomic E-state index is 4.34. The lowest BCUT2D eigenvalue weighted by Crippen LogP contribution is -2.25. The van der Waals surface area contributed by atoms with E-state index in [1.807, 2.05) is 24.4 Å². The topological polar surface area (TPSA) is 24.9 Å². The van der Waals surface area contributed by atoms with Gasteiger partial charge >= 0.3 is 0 Å². The van der Waals surface area contributed by atoms with E-state index in [0.29, 0.717) is 5.37 Å². The fraction of sp³-hybridized carbons (Fsp3) is 0.500. The predicted octanol–water partition coefficient (Wildman–Crippen LogP) is 1.88. The van der Waals surface area contributed by atoms with Crippen LogP contribution in [0.15, 0.2) is 24.4 Å². The van der Waals surface area contributed by atoms with Gasteiger partial charge in [0.05, 0.1) is 0 Å². The molecule has 1 atom stereocenters. The highest BCUT2D eigenvalue weighted by molar-refractivity contribution is 7.80. The number of pyridine rings is 1. The minimum atomic E-state index is 0.309. The van der Waals surface area contributed by atoms with Crippen LogP contribution < -0.4 is 5.32 Å². The lowest BCUT2D eigenvalue weighted by Gasteiger charge is -2.09. The average molecular weight is 196 g/mol. The van der Waals surface area contributed by atoms with Crippen LogP contribution >= 0.6 is 12.6 Å². The fourth-order valence-electron chi connectivity index (χ4n) is 1.06. The lowest BCUT2D eigenvalue weighted by atomic mass is 10.3. The smallest absolute Gasteiger partial charge is 0.0499 e. The van der Waals surface area contributed by atoms with E-state index >= 15 is 0 Å². The van der Waals surface area contributed by atoms with Crippen LogP contribution in [0.1, 0.15) is 19.0 Å². The van der Waals surface area contributed by atoms with Crippen LogP contribution in [0.25, 0.3) is 0 Å². The third kappa shape index (κ3) is 4.29. The van der Waals surface area contributed by atoms with Gasteiger partial charge in [0.25, 0.3) is 0 Å². The largest absolute Gasteiger partial charge is 0.305 e. The van der Waals surface area contributed by atoms with Gasteiger partial charge < -0.3 is 5.32 Å². The van der Waals surface area contributed by atoms with Crippen LogP contribution in [-0.4, -0.2) is 16.9 Å². The van der Waals surface area contributed by atoms with Crippen molar-refractivity contribution in [3.63, 3.8) is 0 Å². The molecule has 0 fully saturated rings. The van der Waals surface area contributed by atoms with E-state index in [1.165, 1.54) is 0 Å². The first-order valence-electron chi connectivity index (χ1n) is 4.64. The molecule has 0 aliphatic rings. The number of nitrogens with one attached hydrogen (secondary N) is 1. The second-order valence-electron chi connectivity index (χ2n) is 2.95. The molecule has 1 heterocycles. The number of rotatable bonds is 5. The van der Waals surface area contributed by atoms with E-state index in [4.69, 9.17) is 0 Å². The first kappa shape index (κ1) is 10.5. The highest BCUT2D eigenvalue weighted by Gasteiger charge is 1.97. The average Bonchev–Trinajstić information content (AvgIpc) is 2.19. The van der Waals surface area contributed by atoms with Crippen molar-refractivity contribution >= 4 is 12.6 Å². The fourth-order valence-corrected chi connectivity index (χ4v) is 1.19. The Balaban J connectivity index is 2.20. The van der Waals surface area contributed by atoms with Crippen molar-refractivity contribution in [1.82, 2.24) is 10.3 Å². The normalized spacial score (nSPS) is 12.8. The Morgan fingerprint density at radius 2 is 2.38 bits per heavy atom. The third-order valence-electron chi connectivity index (χ3n) is 1.87. The molecular weight excluding hydrogens is 180 g/mol. The van der Waals surface area contributed by atoms with Crippen LogP contribution in [0.2, 0.25) is 0 Å². The molecule has 0 aliphatic heterocycles.